The SMILES string of the molecule is CCOC1CC(N)(C(=O)N2CCN(Cc3ccc(Cl)cc3)C(=O)C2)C1(C)C. The zero-order valence-corrected chi connectivity index (χ0v) is 17.0. The van der Waals surface area contributed by atoms with Gasteiger partial charge in [-0.05, 0) is 24.6 Å². The zero-order chi connectivity index (χ0) is 19.8. The normalized spacial score (nSPS) is 27.4. The maximum Gasteiger partial charge on any atom is 0.243 e. The molecule has 1 aliphatic carbocycles. The molecule has 6 nitrogen and oxygen atoms in total. The molecule has 2 unspecified atom stereocenters. The standard InChI is InChI=1S/C20H28ClN3O3/c1-4-27-16-11-20(22,19(16,2)3)18(26)24-10-9-23(17(25)13-24)12-14-5-7-15(21)8-6-14/h5-8,16H,4,9-13,22H2,1-3H3. The van der Waals surface area contributed by atoms with Crippen LogP contribution in [0.15, 0.2) is 24.3 Å². The number of carbonyl (C=O) groups excluding carboxylic acids is 2. The molecule has 3 rings (SSSR count). The molecule has 0 aromatic heterocycles. The maximum atomic E-state index is 13.1. The van der Waals surface area contributed by atoms with Crippen molar-refractivity contribution >= 4 is 23.4 Å². The average molecular weight is 394 g/mol. The van der Waals surface area contributed by atoms with Gasteiger partial charge >= 0.3 is 0 Å². The van der Waals surface area contributed by atoms with Gasteiger partial charge < -0.3 is 20.3 Å². The summed E-state index contributed by atoms with van der Waals surface area (Å²) in [6, 6.07) is 7.44. The number of rotatable bonds is 5. The van der Waals surface area contributed by atoms with Crippen molar-refractivity contribution in [2.45, 2.75) is 45.4 Å². The van der Waals surface area contributed by atoms with Crippen molar-refractivity contribution in [2.75, 3.05) is 26.2 Å². The molecule has 1 aromatic rings. The highest BCUT2D eigenvalue weighted by Gasteiger charge is 2.64. The number of nitrogens with two attached hydrogens (primary N) is 1. The van der Waals surface area contributed by atoms with E-state index in [-0.39, 0.29) is 24.5 Å². The zero-order valence-electron chi connectivity index (χ0n) is 16.2. The third-order valence-corrected chi connectivity index (χ3v) is 6.36. The number of piperazine rings is 1. The smallest absolute Gasteiger partial charge is 0.243 e. The Morgan fingerprint density at radius 3 is 2.52 bits per heavy atom. The highest BCUT2D eigenvalue weighted by atomic mass is 35.5. The van der Waals surface area contributed by atoms with Crippen LogP contribution >= 0.6 is 11.6 Å². The van der Waals surface area contributed by atoms with Gasteiger partial charge in [0.2, 0.25) is 11.8 Å². The second-order valence-corrected chi connectivity index (χ2v) is 8.45. The van der Waals surface area contributed by atoms with Gasteiger partial charge in [-0.25, -0.2) is 0 Å². The van der Waals surface area contributed by atoms with Gasteiger partial charge in [0.15, 0.2) is 0 Å². The van der Waals surface area contributed by atoms with E-state index in [1.54, 1.807) is 9.80 Å². The lowest BCUT2D eigenvalue weighted by atomic mass is 9.54. The Kier molecular flexibility index (Phi) is 5.52. The summed E-state index contributed by atoms with van der Waals surface area (Å²) >= 11 is 5.91. The van der Waals surface area contributed by atoms with E-state index < -0.39 is 11.0 Å². The summed E-state index contributed by atoms with van der Waals surface area (Å²) in [4.78, 5) is 29.0. The number of benzene rings is 1. The van der Waals surface area contributed by atoms with Crippen molar-refractivity contribution < 1.29 is 14.3 Å². The third-order valence-electron chi connectivity index (χ3n) is 6.10. The van der Waals surface area contributed by atoms with E-state index in [1.807, 2.05) is 45.0 Å². The summed E-state index contributed by atoms with van der Waals surface area (Å²) < 4.78 is 5.70. The lowest BCUT2D eigenvalue weighted by molar-refractivity contribution is -0.181. The van der Waals surface area contributed by atoms with E-state index in [0.717, 1.165) is 5.56 Å². The van der Waals surface area contributed by atoms with Crippen LogP contribution in [0.25, 0.3) is 0 Å². The molecule has 1 aromatic carbocycles. The van der Waals surface area contributed by atoms with Crippen LogP contribution in [-0.2, 0) is 20.9 Å². The first-order chi connectivity index (χ1) is 12.7. The summed E-state index contributed by atoms with van der Waals surface area (Å²) in [7, 11) is 0. The Morgan fingerprint density at radius 1 is 1.30 bits per heavy atom. The van der Waals surface area contributed by atoms with Gasteiger partial charge in [0.05, 0.1) is 12.6 Å². The average Bonchev–Trinajstić information content (AvgIpc) is 2.64. The van der Waals surface area contributed by atoms with Gasteiger partial charge in [0, 0.05) is 43.1 Å². The first-order valence-electron chi connectivity index (χ1n) is 9.41. The van der Waals surface area contributed by atoms with Crippen LogP contribution in [-0.4, -0.2) is 59.5 Å². The third kappa shape index (κ3) is 3.58. The lowest BCUT2D eigenvalue weighted by Crippen LogP contribution is -2.76. The summed E-state index contributed by atoms with van der Waals surface area (Å²) in [5.74, 6) is -0.213. The number of carbonyl (C=O) groups is 2. The molecule has 2 amide bonds. The molecule has 2 atom stereocenters. The van der Waals surface area contributed by atoms with Crippen LogP contribution in [0.3, 0.4) is 0 Å². The Bertz CT molecular complexity index is 722. The fraction of sp³-hybridized carbons (Fsp3) is 0.600. The minimum atomic E-state index is -0.981. The second kappa shape index (κ2) is 7.41. The molecule has 148 valence electrons. The summed E-state index contributed by atoms with van der Waals surface area (Å²) in [6.07, 6.45) is 0.463. The summed E-state index contributed by atoms with van der Waals surface area (Å²) in [5.41, 5.74) is 6.07. The molecule has 0 radical (unpaired) electrons. The van der Waals surface area contributed by atoms with E-state index in [4.69, 9.17) is 22.1 Å². The molecule has 1 heterocycles. The molecule has 1 aliphatic heterocycles. The number of halogens is 1. The number of ether oxygens (including phenoxy) is 1. The van der Waals surface area contributed by atoms with Gasteiger partial charge in [-0.2, -0.15) is 0 Å². The first kappa shape index (κ1) is 20.1. The molecule has 2 aliphatic rings. The Balaban J connectivity index is 1.61. The fourth-order valence-corrected chi connectivity index (χ4v) is 4.07. The first-order valence-corrected chi connectivity index (χ1v) is 9.79. The van der Waals surface area contributed by atoms with Crippen LogP contribution < -0.4 is 5.73 Å². The van der Waals surface area contributed by atoms with Crippen molar-refractivity contribution in [2.24, 2.45) is 11.1 Å². The van der Waals surface area contributed by atoms with Crippen molar-refractivity contribution in [3.8, 4) is 0 Å². The molecule has 0 spiro atoms. The Morgan fingerprint density at radius 2 is 1.96 bits per heavy atom. The molecule has 27 heavy (non-hydrogen) atoms. The predicted octanol–water partition coefficient (Wildman–Crippen LogP) is 2.04. The highest BCUT2D eigenvalue weighted by Crippen LogP contribution is 2.50. The number of hydrogen-bond acceptors (Lipinski definition) is 4. The van der Waals surface area contributed by atoms with E-state index in [0.29, 0.717) is 37.7 Å². The molecular formula is C20H28ClN3O3. The number of amides is 2. The van der Waals surface area contributed by atoms with Crippen molar-refractivity contribution in [3.05, 3.63) is 34.9 Å². The Hall–Kier alpha value is -1.63. The van der Waals surface area contributed by atoms with Crippen LogP contribution in [0.1, 0.15) is 32.8 Å². The van der Waals surface area contributed by atoms with Gasteiger partial charge in [-0.3, -0.25) is 9.59 Å². The van der Waals surface area contributed by atoms with Crippen molar-refractivity contribution in [3.63, 3.8) is 0 Å². The summed E-state index contributed by atoms with van der Waals surface area (Å²) in [6.45, 7) is 8.05. The van der Waals surface area contributed by atoms with Crippen LogP contribution in [0, 0.1) is 5.41 Å². The van der Waals surface area contributed by atoms with Crippen molar-refractivity contribution in [1.82, 2.24) is 9.80 Å². The van der Waals surface area contributed by atoms with E-state index in [1.165, 1.54) is 0 Å². The largest absolute Gasteiger partial charge is 0.378 e. The quantitative estimate of drug-likeness (QED) is 0.830. The number of nitrogens with zero attached hydrogens (tertiary/aromatic N) is 2. The fourth-order valence-electron chi connectivity index (χ4n) is 3.94. The monoisotopic (exact) mass is 393 g/mol. The van der Waals surface area contributed by atoms with Crippen LogP contribution in [0.4, 0.5) is 0 Å². The van der Waals surface area contributed by atoms with Gasteiger partial charge in [-0.1, -0.05) is 37.6 Å². The van der Waals surface area contributed by atoms with E-state index in [2.05, 4.69) is 0 Å². The molecule has 1 saturated heterocycles. The molecule has 7 heteroatoms. The number of hydrogen-bond donors (Lipinski definition) is 1. The van der Waals surface area contributed by atoms with E-state index >= 15 is 0 Å². The highest BCUT2D eigenvalue weighted by molar-refractivity contribution is 6.30. The van der Waals surface area contributed by atoms with Gasteiger partial charge in [0.25, 0.3) is 0 Å². The lowest BCUT2D eigenvalue weighted by Gasteiger charge is -2.59. The topological polar surface area (TPSA) is 75.9 Å². The van der Waals surface area contributed by atoms with Gasteiger partial charge in [-0.15, -0.1) is 0 Å². The summed E-state index contributed by atoms with van der Waals surface area (Å²) in [5, 5.41) is 0.669. The molecule has 1 saturated carbocycles. The Labute approximate surface area is 165 Å². The maximum absolute atomic E-state index is 13.1. The van der Waals surface area contributed by atoms with Crippen molar-refractivity contribution in [1.29, 1.82) is 0 Å². The van der Waals surface area contributed by atoms with Crippen LogP contribution in [0.5, 0.6) is 0 Å². The van der Waals surface area contributed by atoms with Crippen LogP contribution in [0.2, 0.25) is 5.02 Å². The second-order valence-electron chi connectivity index (χ2n) is 8.01. The van der Waals surface area contributed by atoms with Gasteiger partial charge in [0.1, 0.15) is 5.54 Å². The van der Waals surface area contributed by atoms with E-state index in [9.17, 15) is 9.59 Å². The molecule has 2 fully saturated rings. The molecule has 2 N–H and O–H groups in total. The minimum absolute atomic E-state index is 0.0293. The minimum Gasteiger partial charge on any atom is -0.378 e. The molecule has 0 bridgehead atoms. The predicted molar refractivity (Wildman–Crippen MR) is 104 cm³/mol. The molecular weight excluding hydrogens is 366 g/mol.